The van der Waals surface area contributed by atoms with Crippen LogP contribution in [-0.4, -0.2) is 19.4 Å². The quantitative estimate of drug-likeness (QED) is 0.250. The van der Waals surface area contributed by atoms with Crippen LogP contribution in [0.3, 0.4) is 0 Å². The average Bonchev–Trinajstić information content (AvgIpc) is 3.69. The fourth-order valence-electron chi connectivity index (χ4n) is 3.47. The minimum Gasteiger partial charge on any atom is -0.489 e. The Labute approximate surface area is 217 Å². The summed E-state index contributed by atoms with van der Waals surface area (Å²) in [4.78, 5) is 15.4. The Balaban J connectivity index is 1.58. The van der Waals surface area contributed by atoms with Crippen molar-refractivity contribution < 1.29 is 37.5 Å². The number of aromatic amines is 1. The lowest BCUT2D eigenvalue weighted by atomic mass is 10.0. The Morgan fingerprint density at radius 3 is 2.42 bits per heavy atom. The molecule has 1 heterocycles. The standard InChI is InChI=1S/C26H23Cl2F2NO5/c27-20-12-31-13-21(28)19(20)11-23(36-26(32)34-15-16-4-2-1-3-5-16)18-8-9-22(35-25(29)30)24(10-18)33-14-17-6-7-17/h1-5,8-10,12-13,17,23,25H,6-7,11,14-15H2/p+1. The second-order valence-electron chi connectivity index (χ2n) is 8.30. The number of rotatable bonds is 11. The van der Waals surface area contributed by atoms with Crippen molar-refractivity contribution in [1.82, 2.24) is 0 Å². The lowest BCUT2D eigenvalue weighted by Gasteiger charge is -2.21. The van der Waals surface area contributed by atoms with Crippen LogP contribution in [0.4, 0.5) is 13.6 Å². The van der Waals surface area contributed by atoms with Gasteiger partial charge in [0.2, 0.25) is 0 Å². The number of hydrogen-bond donors (Lipinski definition) is 0. The molecule has 0 spiro atoms. The monoisotopic (exact) mass is 538 g/mol. The highest BCUT2D eigenvalue weighted by atomic mass is 35.5. The smallest absolute Gasteiger partial charge is 0.489 e. The summed E-state index contributed by atoms with van der Waals surface area (Å²) in [6.45, 7) is -2.62. The first-order valence-electron chi connectivity index (χ1n) is 11.3. The maximum atomic E-state index is 12.9. The second-order valence-corrected chi connectivity index (χ2v) is 9.12. The summed E-state index contributed by atoms with van der Waals surface area (Å²) >= 11 is 12.7. The van der Waals surface area contributed by atoms with Gasteiger partial charge < -0.3 is 18.9 Å². The molecule has 4 rings (SSSR count). The van der Waals surface area contributed by atoms with E-state index in [1.165, 1.54) is 18.2 Å². The van der Waals surface area contributed by atoms with Crippen molar-refractivity contribution in [3.63, 3.8) is 0 Å². The number of benzene rings is 2. The average molecular weight is 539 g/mol. The predicted molar refractivity (Wildman–Crippen MR) is 128 cm³/mol. The molecule has 0 bridgehead atoms. The largest absolute Gasteiger partial charge is 0.509 e. The number of hydrogen-bond acceptors (Lipinski definition) is 5. The van der Waals surface area contributed by atoms with Crippen LogP contribution < -0.4 is 14.5 Å². The Kier molecular flexibility index (Phi) is 8.83. The van der Waals surface area contributed by atoms with Gasteiger partial charge in [0, 0.05) is 12.0 Å². The zero-order chi connectivity index (χ0) is 25.5. The van der Waals surface area contributed by atoms with E-state index in [1.807, 2.05) is 30.3 Å². The number of halogens is 4. The van der Waals surface area contributed by atoms with Gasteiger partial charge in [0.15, 0.2) is 23.9 Å². The molecule has 6 nitrogen and oxygen atoms in total. The third kappa shape index (κ3) is 7.45. The molecule has 1 fully saturated rings. The Hall–Kier alpha value is -3.10. The van der Waals surface area contributed by atoms with Crippen LogP contribution in [0.15, 0.2) is 60.9 Å². The van der Waals surface area contributed by atoms with Crippen LogP contribution in [0.5, 0.6) is 11.5 Å². The second kappa shape index (κ2) is 12.2. The molecule has 0 saturated heterocycles. The lowest BCUT2D eigenvalue weighted by molar-refractivity contribution is -0.377. The SMILES string of the molecule is O=C(OCc1ccccc1)OC(Cc1c(Cl)c[nH+]cc1Cl)c1ccc(OC(F)F)c(OCC2CC2)c1. The van der Waals surface area contributed by atoms with Crippen LogP contribution in [0.25, 0.3) is 0 Å². The van der Waals surface area contributed by atoms with Crippen molar-refractivity contribution in [3.05, 3.63) is 87.7 Å². The van der Waals surface area contributed by atoms with E-state index < -0.39 is 18.9 Å². The topological polar surface area (TPSA) is 68.1 Å². The van der Waals surface area contributed by atoms with E-state index in [0.29, 0.717) is 33.7 Å². The molecule has 1 aromatic heterocycles. The van der Waals surface area contributed by atoms with Crippen LogP contribution >= 0.6 is 23.2 Å². The highest BCUT2D eigenvalue weighted by Crippen LogP contribution is 2.37. The number of pyridine rings is 1. The molecule has 1 aliphatic rings. The lowest BCUT2D eigenvalue weighted by Crippen LogP contribution is -2.17. The minimum absolute atomic E-state index is 0.0190. The molecular weight excluding hydrogens is 515 g/mol. The fourth-order valence-corrected chi connectivity index (χ4v) is 4.01. The summed E-state index contributed by atoms with van der Waals surface area (Å²) in [5.41, 5.74) is 1.80. The van der Waals surface area contributed by atoms with Gasteiger partial charge >= 0.3 is 12.8 Å². The van der Waals surface area contributed by atoms with E-state index in [0.717, 1.165) is 18.4 Å². The summed E-state index contributed by atoms with van der Waals surface area (Å²) < 4.78 is 47.2. The molecule has 0 radical (unpaired) electrons. The van der Waals surface area contributed by atoms with Gasteiger partial charge in [-0.05, 0) is 42.0 Å². The molecular formula is C26H24Cl2F2NO5+. The molecule has 10 heteroatoms. The van der Waals surface area contributed by atoms with Gasteiger partial charge in [-0.1, -0.05) is 59.6 Å². The van der Waals surface area contributed by atoms with Gasteiger partial charge in [0.25, 0.3) is 0 Å². The molecule has 3 aromatic rings. The van der Waals surface area contributed by atoms with Crippen molar-refractivity contribution in [1.29, 1.82) is 0 Å². The number of nitrogens with one attached hydrogen (secondary N) is 1. The molecule has 190 valence electrons. The highest BCUT2D eigenvalue weighted by Gasteiger charge is 2.26. The van der Waals surface area contributed by atoms with Crippen molar-refractivity contribution in [2.45, 2.75) is 38.6 Å². The Morgan fingerprint density at radius 2 is 1.75 bits per heavy atom. The maximum Gasteiger partial charge on any atom is 0.509 e. The number of carbonyl (C=O) groups excluding carboxylic acids is 1. The number of H-pyrrole nitrogens is 1. The van der Waals surface area contributed by atoms with Crippen molar-refractivity contribution in [3.8, 4) is 11.5 Å². The molecule has 1 atom stereocenters. The Morgan fingerprint density at radius 1 is 1.03 bits per heavy atom. The normalized spacial score (nSPS) is 13.8. The van der Waals surface area contributed by atoms with Crippen LogP contribution in [-0.2, 0) is 22.5 Å². The first-order chi connectivity index (χ1) is 17.4. The van der Waals surface area contributed by atoms with Crippen molar-refractivity contribution in [2.75, 3.05) is 6.61 Å². The number of alkyl halides is 2. The third-order valence-electron chi connectivity index (χ3n) is 5.55. The van der Waals surface area contributed by atoms with E-state index in [4.69, 9.17) is 37.4 Å². The zero-order valence-electron chi connectivity index (χ0n) is 19.1. The number of ether oxygens (including phenoxy) is 4. The summed E-state index contributed by atoms with van der Waals surface area (Å²) in [5, 5.41) is 0.688. The summed E-state index contributed by atoms with van der Waals surface area (Å²) in [7, 11) is 0. The van der Waals surface area contributed by atoms with Crippen LogP contribution in [0.1, 0.15) is 35.6 Å². The van der Waals surface area contributed by atoms with E-state index in [2.05, 4.69) is 9.72 Å². The first kappa shape index (κ1) is 26.0. The molecule has 1 aliphatic carbocycles. The van der Waals surface area contributed by atoms with Gasteiger partial charge in [-0.2, -0.15) is 8.78 Å². The van der Waals surface area contributed by atoms with E-state index in [1.54, 1.807) is 12.4 Å². The van der Waals surface area contributed by atoms with E-state index in [9.17, 15) is 13.6 Å². The summed E-state index contributed by atoms with van der Waals surface area (Å²) in [6.07, 6.45) is 3.43. The van der Waals surface area contributed by atoms with Crippen molar-refractivity contribution >= 4 is 29.4 Å². The van der Waals surface area contributed by atoms with E-state index in [-0.39, 0.29) is 24.5 Å². The van der Waals surface area contributed by atoms with Crippen LogP contribution in [0.2, 0.25) is 10.0 Å². The Bertz CT molecular complexity index is 1160. The molecule has 1 N–H and O–H groups in total. The number of carbonyl (C=O) groups is 1. The fraction of sp³-hybridized carbons (Fsp3) is 0.308. The predicted octanol–water partition coefficient (Wildman–Crippen LogP) is 6.83. The zero-order valence-corrected chi connectivity index (χ0v) is 20.6. The molecule has 36 heavy (non-hydrogen) atoms. The first-order valence-corrected chi connectivity index (χ1v) is 12.1. The molecule has 1 saturated carbocycles. The third-order valence-corrected chi connectivity index (χ3v) is 6.23. The van der Waals surface area contributed by atoms with Crippen molar-refractivity contribution in [2.24, 2.45) is 5.92 Å². The van der Waals surface area contributed by atoms with Gasteiger partial charge in [-0.25, -0.2) is 9.78 Å². The molecule has 0 amide bonds. The maximum absolute atomic E-state index is 12.9. The summed E-state index contributed by atoms with van der Waals surface area (Å²) in [6, 6.07) is 13.5. The minimum atomic E-state index is -3.02. The summed E-state index contributed by atoms with van der Waals surface area (Å²) in [5.74, 6) is 0.404. The van der Waals surface area contributed by atoms with Gasteiger partial charge in [-0.3, -0.25) is 0 Å². The van der Waals surface area contributed by atoms with E-state index >= 15 is 0 Å². The van der Waals surface area contributed by atoms with Gasteiger partial charge in [-0.15, -0.1) is 0 Å². The molecule has 0 aliphatic heterocycles. The van der Waals surface area contributed by atoms with Gasteiger partial charge in [0.1, 0.15) is 22.8 Å². The number of aromatic nitrogens is 1. The highest BCUT2D eigenvalue weighted by molar-refractivity contribution is 6.35. The molecule has 1 unspecified atom stereocenters. The van der Waals surface area contributed by atoms with Gasteiger partial charge in [0.05, 0.1) is 6.61 Å². The van der Waals surface area contributed by atoms with Crippen LogP contribution in [0, 0.1) is 5.92 Å². The molecule has 2 aromatic carbocycles.